The number of carbonyl (C=O) groups is 2. The third kappa shape index (κ3) is 7.76. The summed E-state index contributed by atoms with van der Waals surface area (Å²) in [6.45, 7) is 6.75. The highest BCUT2D eigenvalue weighted by molar-refractivity contribution is 6.04. The van der Waals surface area contributed by atoms with Crippen LogP contribution in [0, 0.1) is 6.92 Å². The number of benzene rings is 2. The molecule has 1 aliphatic rings. The van der Waals surface area contributed by atoms with Gasteiger partial charge < -0.3 is 20.9 Å². The molecule has 1 saturated heterocycles. The predicted octanol–water partition coefficient (Wildman–Crippen LogP) is 4.37. The third-order valence-corrected chi connectivity index (χ3v) is 6.63. The van der Waals surface area contributed by atoms with Crippen LogP contribution in [-0.2, 0) is 24.1 Å². The van der Waals surface area contributed by atoms with Crippen LogP contribution in [0.4, 0.5) is 30.4 Å². The summed E-state index contributed by atoms with van der Waals surface area (Å²) in [7, 11) is 1.99. The van der Waals surface area contributed by atoms with Gasteiger partial charge in [-0.25, -0.2) is 4.98 Å². The summed E-state index contributed by atoms with van der Waals surface area (Å²) < 4.78 is 41.8. The molecule has 0 unspecified atom stereocenters. The Labute approximate surface area is 230 Å². The summed E-state index contributed by atoms with van der Waals surface area (Å²) in [6.07, 6.45) is -1.60. The van der Waals surface area contributed by atoms with E-state index in [-0.39, 0.29) is 23.6 Å². The van der Waals surface area contributed by atoms with Crippen LogP contribution in [0.1, 0.15) is 39.7 Å². The highest BCUT2D eigenvalue weighted by Gasteiger charge is 2.34. The van der Waals surface area contributed by atoms with Gasteiger partial charge in [0.25, 0.3) is 5.91 Å². The lowest BCUT2D eigenvalue weighted by Gasteiger charge is -2.33. The van der Waals surface area contributed by atoms with Gasteiger partial charge in [-0.05, 0) is 49.4 Å². The highest BCUT2D eigenvalue weighted by atomic mass is 19.4. The van der Waals surface area contributed by atoms with E-state index in [2.05, 4.69) is 30.8 Å². The summed E-state index contributed by atoms with van der Waals surface area (Å²) >= 11 is 0. The number of rotatable bonds is 8. The molecule has 0 bridgehead atoms. The van der Waals surface area contributed by atoms with Gasteiger partial charge >= 0.3 is 6.18 Å². The lowest BCUT2D eigenvalue weighted by Crippen LogP contribution is -2.44. The van der Waals surface area contributed by atoms with Crippen LogP contribution in [-0.4, -0.2) is 64.8 Å². The van der Waals surface area contributed by atoms with Gasteiger partial charge in [-0.2, -0.15) is 13.2 Å². The molecule has 1 aliphatic heterocycles. The second-order valence-electron chi connectivity index (χ2n) is 9.86. The summed E-state index contributed by atoms with van der Waals surface area (Å²) in [5.41, 5.74) is 1.95. The zero-order valence-electron chi connectivity index (χ0n) is 22.6. The molecule has 0 spiro atoms. The molecule has 4 rings (SSSR count). The van der Waals surface area contributed by atoms with E-state index >= 15 is 0 Å². The quantitative estimate of drug-likeness (QED) is 0.379. The molecule has 1 fully saturated rings. The molecule has 3 aromatic rings. The lowest BCUT2D eigenvalue weighted by molar-refractivity contribution is -0.138. The number of hydrogen-bond acceptors (Lipinski definition) is 7. The Bertz CT molecular complexity index is 1350. The number of carbonyl (C=O) groups excluding carboxylic acids is 2. The Hall–Kier alpha value is -4.03. The second-order valence-corrected chi connectivity index (χ2v) is 9.86. The first kappa shape index (κ1) is 29.0. The monoisotopic (exact) mass is 555 g/mol. The number of nitrogens with zero attached hydrogens (tertiary/aromatic N) is 4. The SMILES string of the molecule is CC(=O)Nc1cnc(CNc2cc(NC(=O)c3ccc(CN4CCN(C)CC4)c(C(F)(F)F)c3)ccc2C)cn1. The maximum Gasteiger partial charge on any atom is 0.416 e. The van der Waals surface area contributed by atoms with Gasteiger partial charge in [0, 0.05) is 56.6 Å². The van der Waals surface area contributed by atoms with Crippen molar-refractivity contribution in [3.05, 3.63) is 76.7 Å². The van der Waals surface area contributed by atoms with Crippen molar-refractivity contribution in [3.8, 4) is 0 Å². The highest BCUT2D eigenvalue weighted by Crippen LogP contribution is 2.34. The zero-order chi connectivity index (χ0) is 28.9. The smallest absolute Gasteiger partial charge is 0.379 e. The van der Waals surface area contributed by atoms with Crippen LogP contribution in [0.25, 0.3) is 0 Å². The van der Waals surface area contributed by atoms with Crippen LogP contribution in [0.2, 0.25) is 0 Å². The van der Waals surface area contributed by atoms with Gasteiger partial charge in [0.1, 0.15) is 0 Å². The fraction of sp³-hybridized carbons (Fsp3) is 0.357. The number of aryl methyl sites for hydroxylation is 1. The van der Waals surface area contributed by atoms with Crippen LogP contribution >= 0.6 is 0 Å². The summed E-state index contributed by atoms with van der Waals surface area (Å²) in [6, 6.07) is 8.95. The van der Waals surface area contributed by atoms with Gasteiger partial charge in [-0.3, -0.25) is 19.5 Å². The molecule has 2 aromatic carbocycles. The standard InChI is InChI=1S/C28H32F3N7O2/c1-18-4-7-22(13-25(18)33-14-23-15-34-26(16-32-23)35-19(2)39)36-27(40)20-5-6-21(24(12-20)28(29,30)31)17-38-10-8-37(3)9-11-38/h4-7,12-13,15-16,33H,8-11,14,17H2,1-3H3,(H,36,40)(H,34,35,39). The van der Waals surface area contributed by atoms with Gasteiger partial charge in [0.15, 0.2) is 5.82 Å². The van der Waals surface area contributed by atoms with E-state index in [9.17, 15) is 22.8 Å². The Kier molecular flexibility index (Phi) is 9.00. The predicted molar refractivity (Wildman–Crippen MR) is 147 cm³/mol. The molecule has 0 atom stereocenters. The molecule has 1 aromatic heterocycles. The summed E-state index contributed by atoms with van der Waals surface area (Å²) in [5, 5.41) is 8.48. The first-order valence-corrected chi connectivity index (χ1v) is 12.8. The first-order valence-electron chi connectivity index (χ1n) is 12.8. The van der Waals surface area contributed by atoms with E-state index in [4.69, 9.17) is 0 Å². The minimum absolute atomic E-state index is 0.0703. The maximum absolute atomic E-state index is 13.9. The molecule has 2 heterocycles. The molecule has 9 nitrogen and oxygen atoms in total. The number of halogens is 3. The first-order chi connectivity index (χ1) is 19.0. The van der Waals surface area contributed by atoms with Crippen molar-refractivity contribution in [1.29, 1.82) is 0 Å². The third-order valence-electron chi connectivity index (χ3n) is 6.63. The van der Waals surface area contributed by atoms with Crippen molar-refractivity contribution in [1.82, 2.24) is 19.8 Å². The molecule has 40 heavy (non-hydrogen) atoms. The lowest BCUT2D eigenvalue weighted by atomic mass is 10.0. The molecule has 3 N–H and O–H groups in total. The topological polar surface area (TPSA) is 102 Å². The van der Waals surface area contributed by atoms with E-state index < -0.39 is 17.6 Å². The van der Waals surface area contributed by atoms with E-state index in [1.54, 1.807) is 18.2 Å². The van der Waals surface area contributed by atoms with Crippen molar-refractivity contribution < 1.29 is 22.8 Å². The molecule has 212 valence electrons. The molecule has 0 aliphatic carbocycles. The molecule has 12 heteroatoms. The van der Waals surface area contributed by atoms with Crippen molar-refractivity contribution in [2.24, 2.45) is 0 Å². The van der Waals surface area contributed by atoms with Crippen molar-refractivity contribution in [2.75, 3.05) is 49.2 Å². The van der Waals surface area contributed by atoms with Gasteiger partial charge in [0.2, 0.25) is 5.91 Å². The zero-order valence-corrected chi connectivity index (χ0v) is 22.6. The van der Waals surface area contributed by atoms with E-state index in [1.807, 2.05) is 18.9 Å². The number of hydrogen-bond donors (Lipinski definition) is 3. The number of piperazine rings is 1. The number of likely N-dealkylation sites (N-methyl/N-ethyl adjacent to an activating group) is 1. The maximum atomic E-state index is 13.9. The van der Waals surface area contributed by atoms with Crippen molar-refractivity contribution in [3.63, 3.8) is 0 Å². The average molecular weight is 556 g/mol. The van der Waals surface area contributed by atoms with Gasteiger partial charge in [-0.1, -0.05) is 12.1 Å². The fourth-order valence-electron chi connectivity index (χ4n) is 4.34. The van der Waals surface area contributed by atoms with Crippen LogP contribution in [0.15, 0.2) is 48.8 Å². The second kappa shape index (κ2) is 12.4. The largest absolute Gasteiger partial charge is 0.416 e. The summed E-state index contributed by atoms with van der Waals surface area (Å²) in [4.78, 5) is 36.6. The summed E-state index contributed by atoms with van der Waals surface area (Å²) in [5.74, 6) is -0.532. The molecule has 0 radical (unpaired) electrons. The van der Waals surface area contributed by atoms with Crippen LogP contribution in [0.3, 0.4) is 0 Å². The van der Waals surface area contributed by atoms with E-state index in [0.29, 0.717) is 42.5 Å². The number of amides is 2. The van der Waals surface area contributed by atoms with Gasteiger partial charge in [0.05, 0.1) is 30.2 Å². The Morgan fingerprint density at radius 2 is 1.73 bits per heavy atom. The van der Waals surface area contributed by atoms with Crippen LogP contribution < -0.4 is 16.0 Å². The van der Waals surface area contributed by atoms with Crippen molar-refractivity contribution >= 4 is 29.0 Å². The Balaban J connectivity index is 1.44. The fourth-order valence-corrected chi connectivity index (χ4v) is 4.34. The van der Waals surface area contributed by atoms with E-state index in [1.165, 1.54) is 31.5 Å². The molecular formula is C28H32F3N7O2. The number of aromatic nitrogens is 2. The van der Waals surface area contributed by atoms with E-state index in [0.717, 1.165) is 24.7 Å². The average Bonchev–Trinajstić information content (AvgIpc) is 2.90. The van der Waals surface area contributed by atoms with Gasteiger partial charge in [-0.15, -0.1) is 0 Å². The molecular weight excluding hydrogens is 523 g/mol. The minimum atomic E-state index is -4.58. The molecule has 2 amide bonds. The minimum Gasteiger partial charge on any atom is -0.379 e. The number of alkyl halides is 3. The normalized spacial score (nSPS) is 14.6. The Morgan fingerprint density at radius 1 is 0.975 bits per heavy atom. The van der Waals surface area contributed by atoms with Crippen molar-refractivity contribution in [2.45, 2.75) is 33.1 Å². The number of nitrogens with one attached hydrogen (secondary N) is 3. The number of anilines is 3. The molecule has 0 saturated carbocycles. The van der Waals surface area contributed by atoms with Crippen LogP contribution in [0.5, 0.6) is 0 Å². The Morgan fingerprint density at radius 3 is 2.38 bits per heavy atom.